The lowest BCUT2D eigenvalue weighted by Gasteiger charge is -2.08. The molecule has 0 amide bonds. The van der Waals surface area contributed by atoms with E-state index in [1.807, 2.05) is 6.08 Å². The maximum atomic E-state index is 3.84. The Morgan fingerprint density at radius 3 is 2.53 bits per heavy atom. The normalized spacial score (nSPS) is 11.5. The molecule has 0 N–H and O–H groups in total. The SMILES string of the molecule is C=CCC(C#CCCCCCC)c1ccc(C)cc1. The van der Waals surface area contributed by atoms with Crippen LogP contribution in [0.15, 0.2) is 36.9 Å². The summed E-state index contributed by atoms with van der Waals surface area (Å²) in [6.45, 7) is 8.20. The molecule has 0 aliphatic heterocycles. The van der Waals surface area contributed by atoms with Crippen molar-refractivity contribution in [2.24, 2.45) is 0 Å². The maximum Gasteiger partial charge on any atom is 0.0486 e. The van der Waals surface area contributed by atoms with Crippen molar-refractivity contribution in [2.75, 3.05) is 0 Å². The molecular weight excluding hydrogens is 228 g/mol. The van der Waals surface area contributed by atoms with E-state index in [2.05, 4.69) is 56.5 Å². The van der Waals surface area contributed by atoms with E-state index in [1.165, 1.54) is 36.8 Å². The van der Waals surface area contributed by atoms with E-state index in [1.54, 1.807) is 0 Å². The number of unbranched alkanes of at least 4 members (excludes halogenated alkanes) is 4. The molecule has 0 radical (unpaired) electrons. The first-order chi connectivity index (χ1) is 9.27. The summed E-state index contributed by atoms with van der Waals surface area (Å²) in [5.41, 5.74) is 2.61. The minimum Gasteiger partial charge on any atom is -0.103 e. The topological polar surface area (TPSA) is 0 Å². The molecule has 0 aliphatic carbocycles. The molecule has 0 aromatic heterocycles. The largest absolute Gasteiger partial charge is 0.103 e. The first kappa shape index (κ1) is 15.6. The van der Waals surface area contributed by atoms with Crippen LogP contribution in [0.5, 0.6) is 0 Å². The maximum absolute atomic E-state index is 3.84. The fourth-order valence-electron chi connectivity index (χ4n) is 2.08. The minimum atomic E-state index is 0.310. The monoisotopic (exact) mass is 254 g/mol. The van der Waals surface area contributed by atoms with Gasteiger partial charge in [-0.25, -0.2) is 0 Å². The molecule has 1 aromatic rings. The Balaban J connectivity index is 2.55. The average Bonchev–Trinajstić information content (AvgIpc) is 2.42. The zero-order valence-corrected chi connectivity index (χ0v) is 12.4. The highest BCUT2D eigenvalue weighted by Gasteiger charge is 2.05. The summed E-state index contributed by atoms with van der Waals surface area (Å²) in [5, 5.41) is 0. The van der Waals surface area contributed by atoms with Crippen LogP contribution in [0, 0.1) is 18.8 Å². The lowest BCUT2D eigenvalue weighted by Crippen LogP contribution is -1.94. The summed E-state index contributed by atoms with van der Waals surface area (Å²) in [4.78, 5) is 0. The number of allylic oxidation sites excluding steroid dienone is 1. The lowest BCUT2D eigenvalue weighted by molar-refractivity contribution is 0.679. The molecule has 0 bridgehead atoms. The van der Waals surface area contributed by atoms with Crippen LogP contribution >= 0.6 is 0 Å². The highest BCUT2D eigenvalue weighted by Crippen LogP contribution is 2.19. The molecule has 1 rings (SSSR count). The summed E-state index contributed by atoms with van der Waals surface area (Å²) >= 11 is 0. The molecule has 102 valence electrons. The number of aryl methyl sites for hydroxylation is 1. The lowest BCUT2D eigenvalue weighted by atomic mass is 9.95. The molecule has 0 spiro atoms. The van der Waals surface area contributed by atoms with Crippen LogP contribution in [-0.2, 0) is 0 Å². The Morgan fingerprint density at radius 1 is 1.16 bits per heavy atom. The molecule has 19 heavy (non-hydrogen) atoms. The highest BCUT2D eigenvalue weighted by atomic mass is 14.1. The van der Waals surface area contributed by atoms with Gasteiger partial charge in [0.25, 0.3) is 0 Å². The third-order valence-electron chi connectivity index (χ3n) is 3.31. The zero-order chi connectivity index (χ0) is 13.9. The molecule has 0 nitrogen and oxygen atoms in total. The molecule has 0 aliphatic rings. The summed E-state index contributed by atoms with van der Waals surface area (Å²) in [6, 6.07) is 8.70. The van der Waals surface area contributed by atoms with Crippen molar-refractivity contribution in [3.8, 4) is 11.8 Å². The molecule has 0 heterocycles. The van der Waals surface area contributed by atoms with Crippen molar-refractivity contribution in [3.63, 3.8) is 0 Å². The Morgan fingerprint density at radius 2 is 1.89 bits per heavy atom. The number of benzene rings is 1. The second-order valence-corrected chi connectivity index (χ2v) is 5.12. The van der Waals surface area contributed by atoms with Crippen molar-refractivity contribution in [3.05, 3.63) is 48.0 Å². The van der Waals surface area contributed by atoms with E-state index in [0.717, 1.165) is 12.8 Å². The van der Waals surface area contributed by atoms with Crippen molar-refractivity contribution >= 4 is 0 Å². The quantitative estimate of drug-likeness (QED) is 0.336. The first-order valence-corrected chi connectivity index (χ1v) is 7.43. The van der Waals surface area contributed by atoms with Gasteiger partial charge in [-0.05, 0) is 25.3 Å². The van der Waals surface area contributed by atoms with Gasteiger partial charge in [-0.15, -0.1) is 12.5 Å². The second kappa shape index (κ2) is 9.45. The predicted octanol–water partition coefficient (Wildman–Crippen LogP) is 5.63. The van der Waals surface area contributed by atoms with Gasteiger partial charge in [0.2, 0.25) is 0 Å². The Bertz CT molecular complexity index is 414. The third kappa shape index (κ3) is 6.30. The van der Waals surface area contributed by atoms with E-state index in [-0.39, 0.29) is 0 Å². The van der Waals surface area contributed by atoms with Gasteiger partial charge in [0, 0.05) is 12.3 Å². The first-order valence-electron chi connectivity index (χ1n) is 7.43. The number of rotatable bonds is 7. The van der Waals surface area contributed by atoms with Gasteiger partial charge in [0.05, 0.1) is 0 Å². The Labute approximate surface area is 118 Å². The molecule has 1 unspecified atom stereocenters. The van der Waals surface area contributed by atoms with Crippen LogP contribution in [0.4, 0.5) is 0 Å². The minimum absolute atomic E-state index is 0.310. The summed E-state index contributed by atoms with van der Waals surface area (Å²) in [7, 11) is 0. The summed E-state index contributed by atoms with van der Waals surface area (Å²) < 4.78 is 0. The van der Waals surface area contributed by atoms with Crippen molar-refractivity contribution in [2.45, 2.75) is 58.3 Å². The number of hydrogen-bond donors (Lipinski definition) is 0. The molecule has 1 aromatic carbocycles. The van der Waals surface area contributed by atoms with Crippen molar-refractivity contribution < 1.29 is 0 Å². The Hall–Kier alpha value is -1.48. The average molecular weight is 254 g/mol. The van der Waals surface area contributed by atoms with Gasteiger partial charge in [0.1, 0.15) is 0 Å². The third-order valence-corrected chi connectivity index (χ3v) is 3.31. The zero-order valence-electron chi connectivity index (χ0n) is 12.4. The van der Waals surface area contributed by atoms with Gasteiger partial charge in [-0.3, -0.25) is 0 Å². The highest BCUT2D eigenvalue weighted by molar-refractivity contribution is 5.31. The standard InChI is InChI=1S/C19H26/c1-4-6-7-8-9-10-12-18(11-5-2)19-15-13-17(3)14-16-19/h5,13-16,18H,2,4,6-9,11H2,1,3H3. The second-order valence-electron chi connectivity index (χ2n) is 5.12. The van der Waals surface area contributed by atoms with Crippen molar-refractivity contribution in [1.82, 2.24) is 0 Å². The van der Waals surface area contributed by atoms with Gasteiger partial charge in [-0.2, -0.15) is 0 Å². The number of hydrogen-bond acceptors (Lipinski definition) is 0. The smallest absolute Gasteiger partial charge is 0.0486 e. The fourth-order valence-corrected chi connectivity index (χ4v) is 2.08. The van der Waals surface area contributed by atoms with E-state index in [0.29, 0.717) is 5.92 Å². The van der Waals surface area contributed by atoms with Crippen molar-refractivity contribution in [1.29, 1.82) is 0 Å². The van der Waals surface area contributed by atoms with Crippen LogP contribution in [0.1, 0.15) is 62.5 Å². The van der Waals surface area contributed by atoms with Crippen LogP contribution in [0.3, 0.4) is 0 Å². The van der Waals surface area contributed by atoms with Crippen LogP contribution < -0.4 is 0 Å². The van der Waals surface area contributed by atoms with Crippen LogP contribution in [0.2, 0.25) is 0 Å². The molecular formula is C19H26. The van der Waals surface area contributed by atoms with E-state index in [9.17, 15) is 0 Å². The molecule has 0 saturated carbocycles. The van der Waals surface area contributed by atoms with E-state index in [4.69, 9.17) is 0 Å². The fraction of sp³-hybridized carbons (Fsp3) is 0.474. The molecule has 0 fully saturated rings. The van der Waals surface area contributed by atoms with Gasteiger partial charge in [0.15, 0.2) is 0 Å². The predicted molar refractivity (Wildman–Crippen MR) is 85.3 cm³/mol. The molecule has 0 heteroatoms. The van der Waals surface area contributed by atoms with E-state index >= 15 is 0 Å². The van der Waals surface area contributed by atoms with E-state index < -0.39 is 0 Å². The molecule has 0 saturated heterocycles. The Kier molecular flexibility index (Phi) is 7.75. The molecule has 1 atom stereocenters. The van der Waals surface area contributed by atoms with Crippen LogP contribution in [0.25, 0.3) is 0 Å². The summed E-state index contributed by atoms with van der Waals surface area (Å²) in [6.07, 6.45) is 9.09. The van der Waals surface area contributed by atoms with Crippen LogP contribution in [-0.4, -0.2) is 0 Å². The summed E-state index contributed by atoms with van der Waals surface area (Å²) in [5.74, 6) is 7.07. The van der Waals surface area contributed by atoms with Gasteiger partial charge in [-0.1, -0.05) is 68.0 Å². The van der Waals surface area contributed by atoms with Gasteiger partial charge < -0.3 is 0 Å². The van der Waals surface area contributed by atoms with Gasteiger partial charge >= 0.3 is 0 Å².